The summed E-state index contributed by atoms with van der Waals surface area (Å²) in [5.41, 5.74) is 3.12. The molecule has 0 saturated carbocycles. The van der Waals surface area contributed by atoms with Gasteiger partial charge in [-0.15, -0.1) is 0 Å². The van der Waals surface area contributed by atoms with Crippen LogP contribution in [0.5, 0.6) is 11.5 Å². The van der Waals surface area contributed by atoms with Crippen molar-refractivity contribution in [1.29, 1.82) is 0 Å². The van der Waals surface area contributed by atoms with Crippen LogP contribution in [0, 0.1) is 0 Å². The van der Waals surface area contributed by atoms with Crippen LogP contribution in [0.4, 0.5) is 17.1 Å². The molecule has 1 aliphatic heterocycles. The highest BCUT2D eigenvalue weighted by molar-refractivity contribution is 5.78. The number of benzene rings is 3. The Hall–Kier alpha value is -3.67. The van der Waals surface area contributed by atoms with Gasteiger partial charge < -0.3 is 24.6 Å². The lowest BCUT2D eigenvalue weighted by Crippen LogP contribution is -2.50. The van der Waals surface area contributed by atoms with Crippen molar-refractivity contribution >= 4 is 23.0 Å². The molecule has 0 aromatic heterocycles. The first kappa shape index (κ1) is 20.6. The SMILES string of the molecule is COc1cccc(N2CCN(C(=O)COc3ccc(Nc4ccccc4)cc3)CC2)c1. The van der Waals surface area contributed by atoms with Crippen LogP contribution in [0.1, 0.15) is 0 Å². The van der Waals surface area contributed by atoms with Crippen molar-refractivity contribution in [3.8, 4) is 11.5 Å². The molecule has 4 rings (SSSR count). The highest BCUT2D eigenvalue weighted by Crippen LogP contribution is 2.23. The van der Waals surface area contributed by atoms with Crippen molar-refractivity contribution in [1.82, 2.24) is 4.90 Å². The number of nitrogens with one attached hydrogen (secondary N) is 1. The van der Waals surface area contributed by atoms with Crippen molar-refractivity contribution < 1.29 is 14.3 Å². The zero-order chi connectivity index (χ0) is 21.5. The molecule has 1 heterocycles. The van der Waals surface area contributed by atoms with Gasteiger partial charge >= 0.3 is 0 Å². The Labute approximate surface area is 183 Å². The Morgan fingerprint density at radius 3 is 2.26 bits per heavy atom. The summed E-state index contributed by atoms with van der Waals surface area (Å²) in [4.78, 5) is 16.7. The number of ether oxygens (including phenoxy) is 2. The molecule has 1 amide bonds. The van der Waals surface area contributed by atoms with Gasteiger partial charge in [0.2, 0.25) is 0 Å². The average molecular weight is 418 g/mol. The first-order valence-electron chi connectivity index (χ1n) is 10.4. The number of para-hydroxylation sites is 1. The second-order valence-corrected chi connectivity index (χ2v) is 7.37. The molecule has 1 aliphatic rings. The third-order valence-corrected chi connectivity index (χ3v) is 5.33. The number of rotatable bonds is 7. The van der Waals surface area contributed by atoms with E-state index in [1.165, 1.54) is 0 Å². The lowest BCUT2D eigenvalue weighted by molar-refractivity contribution is -0.133. The van der Waals surface area contributed by atoms with Gasteiger partial charge in [-0.05, 0) is 48.5 Å². The summed E-state index contributed by atoms with van der Waals surface area (Å²) in [6, 6.07) is 25.6. The second kappa shape index (κ2) is 9.89. The molecule has 0 spiro atoms. The van der Waals surface area contributed by atoms with E-state index in [0.717, 1.165) is 35.9 Å². The molecule has 0 unspecified atom stereocenters. The predicted octanol–water partition coefficient (Wildman–Crippen LogP) is 4.17. The summed E-state index contributed by atoms with van der Waals surface area (Å²) in [5, 5.41) is 3.33. The minimum Gasteiger partial charge on any atom is -0.497 e. The fourth-order valence-electron chi connectivity index (χ4n) is 3.58. The molecule has 0 aliphatic carbocycles. The Kier molecular flexibility index (Phi) is 6.57. The fourth-order valence-corrected chi connectivity index (χ4v) is 3.58. The van der Waals surface area contributed by atoms with Crippen LogP contribution in [0.2, 0.25) is 0 Å². The molecule has 0 radical (unpaired) electrons. The van der Waals surface area contributed by atoms with Gasteiger partial charge in [0.05, 0.1) is 7.11 Å². The summed E-state index contributed by atoms with van der Waals surface area (Å²) >= 11 is 0. The number of nitrogens with zero attached hydrogens (tertiary/aromatic N) is 2. The highest BCUT2D eigenvalue weighted by atomic mass is 16.5. The Morgan fingerprint density at radius 1 is 0.839 bits per heavy atom. The molecule has 0 bridgehead atoms. The van der Waals surface area contributed by atoms with Crippen LogP contribution in [0.15, 0.2) is 78.9 Å². The Balaban J connectivity index is 1.24. The van der Waals surface area contributed by atoms with Crippen molar-refractivity contribution in [3.63, 3.8) is 0 Å². The van der Waals surface area contributed by atoms with Crippen molar-refractivity contribution in [2.45, 2.75) is 0 Å². The topological polar surface area (TPSA) is 54.0 Å². The Bertz CT molecular complexity index is 984. The van der Waals surface area contributed by atoms with Gasteiger partial charge in [-0.2, -0.15) is 0 Å². The molecular formula is C25H27N3O3. The maximum Gasteiger partial charge on any atom is 0.260 e. The van der Waals surface area contributed by atoms with E-state index in [9.17, 15) is 4.79 Å². The molecule has 3 aromatic rings. The minimum absolute atomic E-state index is 0.0109. The summed E-state index contributed by atoms with van der Waals surface area (Å²) in [7, 11) is 1.67. The number of hydrogen-bond acceptors (Lipinski definition) is 5. The number of carbonyl (C=O) groups excluding carboxylic acids is 1. The monoisotopic (exact) mass is 417 g/mol. The zero-order valence-corrected chi connectivity index (χ0v) is 17.7. The summed E-state index contributed by atoms with van der Waals surface area (Å²) in [6.07, 6.45) is 0. The van der Waals surface area contributed by atoms with Gasteiger partial charge in [-0.1, -0.05) is 24.3 Å². The van der Waals surface area contributed by atoms with Crippen molar-refractivity contribution in [2.24, 2.45) is 0 Å². The molecule has 6 heteroatoms. The smallest absolute Gasteiger partial charge is 0.260 e. The first-order chi connectivity index (χ1) is 15.2. The lowest BCUT2D eigenvalue weighted by Gasteiger charge is -2.36. The van der Waals surface area contributed by atoms with E-state index in [2.05, 4.69) is 16.3 Å². The third-order valence-electron chi connectivity index (χ3n) is 5.33. The predicted molar refractivity (Wildman–Crippen MR) is 123 cm³/mol. The van der Waals surface area contributed by atoms with E-state index in [4.69, 9.17) is 9.47 Å². The van der Waals surface area contributed by atoms with E-state index < -0.39 is 0 Å². The largest absolute Gasteiger partial charge is 0.497 e. The molecule has 6 nitrogen and oxygen atoms in total. The maximum absolute atomic E-state index is 12.6. The molecule has 0 atom stereocenters. The molecule has 1 N–H and O–H groups in total. The fraction of sp³-hybridized carbons (Fsp3) is 0.240. The number of carbonyl (C=O) groups is 1. The zero-order valence-electron chi connectivity index (χ0n) is 17.7. The average Bonchev–Trinajstić information content (AvgIpc) is 2.84. The van der Waals surface area contributed by atoms with Crippen LogP contribution >= 0.6 is 0 Å². The minimum atomic E-state index is 0.0109. The van der Waals surface area contributed by atoms with Gasteiger partial charge in [-0.3, -0.25) is 4.79 Å². The van der Waals surface area contributed by atoms with Gasteiger partial charge in [0.1, 0.15) is 11.5 Å². The normalized spacial score (nSPS) is 13.6. The van der Waals surface area contributed by atoms with Crippen molar-refractivity contribution in [3.05, 3.63) is 78.9 Å². The molecule has 31 heavy (non-hydrogen) atoms. The molecule has 1 saturated heterocycles. The van der Waals surface area contributed by atoms with E-state index >= 15 is 0 Å². The highest BCUT2D eigenvalue weighted by Gasteiger charge is 2.21. The third kappa shape index (κ3) is 5.48. The van der Waals surface area contributed by atoms with Crippen LogP contribution < -0.4 is 19.7 Å². The molecule has 160 valence electrons. The molecule has 3 aromatic carbocycles. The number of anilines is 3. The molecular weight excluding hydrogens is 390 g/mol. The van der Waals surface area contributed by atoms with E-state index in [0.29, 0.717) is 18.8 Å². The van der Waals surface area contributed by atoms with Crippen molar-refractivity contribution in [2.75, 3.05) is 50.1 Å². The Morgan fingerprint density at radius 2 is 1.55 bits per heavy atom. The van der Waals surface area contributed by atoms with Gasteiger partial charge in [-0.25, -0.2) is 0 Å². The van der Waals surface area contributed by atoms with Crippen LogP contribution in [-0.2, 0) is 4.79 Å². The lowest BCUT2D eigenvalue weighted by atomic mass is 10.2. The standard InChI is InChI=1S/C25H27N3O3/c1-30-24-9-5-8-22(18-24)27-14-16-28(17-15-27)25(29)19-31-23-12-10-21(11-13-23)26-20-6-3-2-4-7-20/h2-13,18,26H,14-17,19H2,1H3. The summed E-state index contributed by atoms with van der Waals surface area (Å²) < 4.78 is 11.0. The van der Waals surface area contributed by atoms with Crippen LogP contribution in [0.25, 0.3) is 0 Å². The molecule has 1 fully saturated rings. The number of amides is 1. The van der Waals surface area contributed by atoms with E-state index in [1.807, 2.05) is 77.7 Å². The second-order valence-electron chi connectivity index (χ2n) is 7.37. The van der Waals surface area contributed by atoms with Crippen LogP contribution in [0.3, 0.4) is 0 Å². The maximum atomic E-state index is 12.6. The van der Waals surface area contributed by atoms with E-state index in [-0.39, 0.29) is 12.5 Å². The van der Waals surface area contributed by atoms with Gasteiger partial charge in [0.15, 0.2) is 6.61 Å². The first-order valence-corrected chi connectivity index (χ1v) is 10.4. The van der Waals surface area contributed by atoms with E-state index in [1.54, 1.807) is 7.11 Å². The number of hydrogen-bond donors (Lipinski definition) is 1. The summed E-state index contributed by atoms with van der Waals surface area (Å²) in [6.45, 7) is 2.99. The quantitative estimate of drug-likeness (QED) is 0.625. The number of piperazine rings is 1. The van der Waals surface area contributed by atoms with Crippen LogP contribution in [-0.4, -0.2) is 50.7 Å². The van der Waals surface area contributed by atoms with Gasteiger partial charge in [0, 0.05) is 49.3 Å². The van der Waals surface area contributed by atoms with Gasteiger partial charge in [0.25, 0.3) is 5.91 Å². The number of methoxy groups -OCH3 is 1. The summed E-state index contributed by atoms with van der Waals surface area (Å²) in [5.74, 6) is 1.54.